The predicted octanol–water partition coefficient (Wildman–Crippen LogP) is 4.32. The molecule has 1 aliphatic carbocycles. The molecule has 1 aliphatic rings. The molecular formula is C17H27NO. The molecule has 2 rings (SSSR count). The van der Waals surface area contributed by atoms with E-state index in [4.69, 9.17) is 4.74 Å². The first-order valence-electron chi connectivity index (χ1n) is 7.67. The lowest BCUT2D eigenvalue weighted by Gasteiger charge is -2.22. The summed E-state index contributed by atoms with van der Waals surface area (Å²) < 4.78 is 5.19. The van der Waals surface area contributed by atoms with Gasteiger partial charge in [-0.2, -0.15) is 0 Å². The molecule has 1 aromatic carbocycles. The molecule has 1 saturated carbocycles. The average Bonchev–Trinajstić information content (AvgIpc) is 2.48. The third-order valence-corrected chi connectivity index (χ3v) is 4.34. The number of ether oxygens (including phenoxy) is 1. The number of benzene rings is 1. The van der Waals surface area contributed by atoms with Crippen LogP contribution in [0.15, 0.2) is 24.3 Å². The Balaban J connectivity index is 1.72. The highest BCUT2D eigenvalue weighted by Gasteiger charge is 2.13. The minimum atomic E-state index is 0.425. The maximum Gasteiger partial charge on any atom is 0.118 e. The number of rotatable bonds is 6. The second-order valence-electron chi connectivity index (χ2n) is 5.74. The van der Waals surface area contributed by atoms with Crippen LogP contribution in [-0.4, -0.2) is 13.7 Å². The Bertz CT molecular complexity index is 354. The van der Waals surface area contributed by atoms with Gasteiger partial charge in [0.2, 0.25) is 0 Å². The van der Waals surface area contributed by atoms with Gasteiger partial charge in [-0.25, -0.2) is 0 Å². The van der Waals surface area contributed by atoms with Crippen molar-refractivity contribution in [3.8, 4) is 5.75 Å². The van der Waals surface area contributed by atoms with Crippen LogP contribution in [0.1, 0.15) is 57.1 Å². The van der Waals surface area contributed by atoms with Gasteiger partial charge in [-0.15, -0.1) is 0 Å². The van der Waals surface area contributed by atoms with Gasteiger partial charge in [0.05, 0.1) is 7.11 Å². The highest BCUT2D eigenvalue weighted by Crippen LogP contribution is 2.26. The number of methoxy groups -OCH3 is 1. The van der Waals surface area contributed by atoms with E-state index in [1.54, 1.807) is 7.11 Å². The van der Waals surface area contributed by atoms with Crippen LogP contribution in [0.3, 0.4) is 0 Å². The molecule has 0 saturated heterocycles. The topological polar surface area (TPSA) is 21.3 Å². The summed E-state index contributed by atoms with van der Waals surface area (Å²) in [4.78, 5) is 0. The van der Waals surface area contributed by atoms with E-state index >= 15 is 0 Å². The molecule has 0 unspecified atom stereocenters. The summed E-state index contributed by atoms with van der Waals surface area (Å²) in [5.41, 5.74) is 1.34. The maximum atomic E-state index is 5.19. The van der Waals surface area contributed by atoms with Crippen LogP contribution in [0.2, 0.25) is 0 Å². The second-order valence-corrected chi connectivity index (χ2v) is 5.74. The molecule has 0 heterocycles. The van der Waals surface area contributed by atoms with E-state index in [9.17, 15) is 0 Å². The average molecular weight is 261 g/mol. The lowest BCUT2D eigenvalue weighted by Crippen LogP contribution is -2.22. The van der Waals surface area contributed by atoms with Gasteiger partial charge >= 0.3 is 0 Å². The van der Waals surface area contributed by atoms with E-state index < -0.39 is 0 Å². The van der Waals surface area contributed by atoms with Gasteiger partial charge in [0.1, 0.15) is 5.75 Å². The second kappa shape index (κ2) is 7.54. The SMILES string of the molecule is COc1ccc([C@@H](C)NCCC2CCCCC2)cc1. The van der Waals surface area contributed by atoms with Crippen molar-refractivity contribution in [3.05, 3.63) is 29.8 Å². The largest absolute Gasteiger partial charge is 0.497 e. The Morgan fingerprint density at radius 1 is 1.16 bits per heavy atom. The predicted molar refractivity (Wildman–Crippen MR) is 80.6 cm³/mol. The fourth-order valence-corrected chi connectivity index (χ4v) is 2.99. The maximum absolute atomic E-state index is 5.19. The van der Waals surface area contributed by atoms with Gasteiger partial charge < -0.3 is 10.1 Å². The van der Waals surface area contributed by atoms with Crippen LogP contribution >= 0.6 is 0 Å². The molecule has 0 bridgehead atoms. The van der Waals surface area contributed by atoms with Crippen LogP contribution in [0.25, 0.3) is 0 Å². The van der Waals surface area contributed by atoms with Crippen LogP contribution < -0.4 is 10.1 Å². The lowest BCUT2D eigenvalue weighted by molar-refractivity contribution is 0.329. The van der Waals surface area contributed by atoms with Gasteiger partial charge in [-0.05, 0) is 43.5 Å². The van der Waals surface area contributed by atoms with E-state index in [2.05, 4.69) is 24.4 Å². The zero-order chi connectivity index (χ0) is 13.5. The quantitative estimate of drug-likeness (QED) is 0.823. The van der Waals surface area contributed by atoms with Crippen LogP contribution in [0.4, 0.5) is 0 Å². The highest BCUT2D eigenvalue weighted by atomic mass is 16.5. The fourth-order valence-electron chi connectivity index (χ4n) is 2.99. The van der Waals surface area contributed by atoms with Crippen molar-refractivity contribution >= 4 is 0 Å². The summed E-state index contributed by atoms with van der Waals surface area (Å²) >= 11 is 0. The molecule has 0 aromatic heterocycles. The Hall–Kier alpha value is -1.02. The van der Waals surface area contributed by atoms with Crippen LogP contribution in [0.5, 0.6) is 5.75 Å². The number of hydrogen-bond donors (Lipinski definition) is 1. The molecular weight excluding hydrogens is 234 g/mol. The smallest absolute Gasteiger partial charge is 0.118 e. The van der Waals surface area contributed by atoms with E-state index in [1.807, 2.05) is 12.1 Å². The fraction of sp³-hybridized carbons (Fsp3) is 0.647. The molecule has 0 radical (unpaired) electrons. The molecule has 1 aromatic rings. The van der Waals surface area contributed by atoms with Crippen molar-refractivity contribution in [1.29, 1.82) is 0 Å². The normalized spacial score (nSPS) is 18.2. The first kappa shape index (κ1) is 14.4. The minimum Gasteiger partial charge on any atom is -0.497 e. The summed E-state index contributed by atoms with van der Waals surface area (Å²) in [6.45, 7) is 3.38. The molecule has 2 heteroatoms. The summed E-state index contributed by atoms with van der Waals surface area (Å²) in [6.07, 6.45) is 8.56. The van der Waals surface area contributed by atoms with Gasteiger partial charge in [-0.1, -0.05) is 44.2 Å². The Labute approximate surface area is 117 Å². The van der Waals surface area contributed by atoms with E-state index in [-0.39, 0.29) is 0 Å². The van der Waals surface area contributed by atoms with Crippen LogP contribution in [0, 0.1) is 5.92 Å². The molecule has 19 heavy (non-hydrogen) atoms. The molecule has 0 spiro atoms. The Morgan fingerprint density at radius 3 is 2.47 bits per heavy atom. The molecule has 0 aliphatic heterocycles. The third kappa shape index (κ3) is 4.54. The summed E-state index contributed by atoms with van der Waals surface area (Å²) in [5.74, 6) is 1.89. The summed E-state index contributed by atoms with van der Waals surface area (Å²) in [7, 11) is 1.71. The molecule has 1 fully saturated rings. The van der Waals surface area contributed by atoms with Crippen molar-refractivity contribution < 1.29 is 4.74 Å². The number of hydrogen-bond acceptors (Lipinski definition) is 2. The zero-order valence-electron chi connectivity index (χ0n) is 12.3. The third-order valence-electron chi connectivity index (χ3n) is 4.34. The van der Waals surface area contributed by atoms with Crippen molar-refractivity contribution in [3.63, 3.8) is 0 Å². The van der Waals surface area contributed by atoms with Crippen molar-refractivity contribution in [2.75, 3.05) is 13.7 Å². The molecule has 0 amide bonds. The Kier molecular flexibility index (Phi) is 5.71. The van der Waals surface area contributed by atoms with Crippen LogP contribution in [-0.2, 0) is 0 Å². The molecule has 1 N–H and O–H groups in total. The molecule has 2 nitrogen and oxygen atoms in total. The summed E-state index contributed by atoms with van der Waals surface area (Å²) in [6, 6.07) is 8.80. The van der Waals surface area contributed by atoms with Crippen molar-refractivity contribution in [2.24, 2.45) is 5.92 Å². The highest BCUT2D eigenvalue weighted by molar-refractivity contribution is 5.28. The monoisotopic (exact) mass is 261 g/mol. The molecule has 106 valence electrons. The summed E-state index contributed by atoms with van der Waals surface area (Å²) in [5, 5.41) is 3.64. The number of nitrogens with one attached hydrogen (secondary N) is 1. The van der Waals surface area contributed by atoms with E-state index in [0.717, 1.165) is 18.2 Å². The zero-order valence-corrected chi connectivity index (χ0v) is 12.3. The van der Waals surface area contributed by atoms with Gasteiger partial charge in [0.25, 0.3) is 0 Å². The van der Waals surface area contributed by atoms with E-state index in [0.29, 0.717) is 6.04 Å². The minimum absolute atomic E-state index is 0.425. The van der Waals surface area contributed by atoms with Gasteiger partial charge in [-0.3, -0.25) is 0 Å². The lowest BCUT2D eigenvalue weighted by atomic mass is 9.87. The van der Waals surface area contributed by atoms with Gasteiger partial charge in [0.15, 0.2) is 0 Å². The first-order valence-corrected chi connectivity index (χ1v) is 7.67. The van der Waals surface area contributed by atoms with Crippen molar-refractivity contribution in [2.45, 2.75) is 51.5 Å². The molecule has 1 atom stereocenters. The van der Waals surface area contributed by atoms with E-state index in [1.165, 1.54) is 44.1 Å². The van der Waals surface area contributed by atoms with Crippen molar-refractivity contribution in [1.82, 2.24) is 5.32 Å². The first-order chi connectivity index (χ1) is 9.29. The Morgan fingerprint density at radius 2 is 1.84 bits per heavy atom. The van der Waals surface area contributed by atoms with Gasteiger partial charge in [0, 0.05) is 6.04 Å². The standard InChI is InChI=1S/C17H27NO/c1-14(16-8-10-17(19-2)11-9-16)18-13-12-15-6-4-3-5-7-15/h8-11,14-15,18H,3-7,12-13H2,1-2H3/t14-/m1/s1.